The fourth-order valence-corrected chi connectivity index (χ4v) is 2.32. The van der Waals surface area contributed by atoms with E-state index in [1.54, 1.807) is 6.07 Å². The van der Waals surface area contributed by atoms with Crippen molar-refractivity contribution < 1.29 is 18.3 Å². The summed E-state index contributed by atoms with van der Waals surface area (Å²) < 4.78 is 39.7. The number of benzene rings is 1. The van der Waals surface area contributed by atoms with Gasteiger partial charge < -0.3 is 10.0 Å². The second-order valence-electron chi connectivity index (χ2n) is 5.70. The molecule has 0 aromatic heterocycles. The van der Waals surface area contributed by atoms with Crippen molar-refractivity contribution in [3.63, 3.8) is 0 Å². The Morgan fingerprint density at radius 1 is 1.30 bits per heavy atom. The van der Waals surface area contributed by atoms with Crippen LogP contribution in [0, 0.1) is 5.92 Å². The molecule has 1 aliphatic rings. The van der Waals surface area contributed by atoms with Gasteiger partial charge in [0.05, 0.1) is 12.2 Å². The maximum atomic E-state index is 13.2. The Kier molecular flexibility index (Phi) is 4.28. The standard InChI is InChI=1S/C15H20F3NO/c1-10(2)19(8-11-3-4-11)14-6-5-12(9-20)7-13(14)15(16,17)18/h5-7,10-11,20H,3-4,8-9H2,1-2H3. The van der Waals surface area contributed by atoms with E-state index < -0.39 is 11.7 Å². The van der Waals surface area contributed by atoms with Crippen molar-refractivity contribution in [1.29, 1.82) is 0 Å². The molecule has 0 bridgehead atoms. The van der Waals surface area contributed by atoms with Crippen LogP contribution < -0.4 is 4.90 Å². The average molecular weight is 287 g/mol. The van der Waals surface area contributed by atoms with Crippen LogP contribution in [0.3, 0.4) is 0 Å². The fourth-order valence-electron chi connectivity index (χ4n) is 2.32. The first-order valence-electron chi connectivity index (χ1n) is 6.90. The van der Waals surface area contributed by atoms with E-state index >= 15 is 0 Å². The molecule has 1 N–H and O–H groups in total. The third kappa shape index (κ3) is 3.45. The fraction of sp³-hybridized carbons (Fsp3) is 0.600. The molecule has 2 rings (SSSR count). The number of aliphatic hydroxyl groups excluding tert-OH is 1. The normalized spacial score (nSPS) is 15.8. The monoisotopic (exact) mass is 287 g/mol. The molecule has 0 atom stereocenters. The molecule has 0 aliphatic heterocycles. The van der Waals surface area contributed by atoms with Gasteiger partial charge in [-0.15, -0.1) is 0 Å². The molecule has 5 heteroatoms. The van der Waals surface area contributed by atoms with Crippen molar-refractivity contribution in [1.82, 2.24) is 0 Å². The topological polar surface area (TPSA) is 23.5 Å². The van der Waals surface area contributed by atoms with E-state index in [9.17, 15) is 13.2 Å². The summed E-state index contributed by atoms with van der Waals surface area (Å²) in [5, 5.41) is 9.04. The molecule has 1 aromatic carbocycles. The first-order valence-corrected chi connectivity index (χ1v) is 6.90. The number of anilines is 1. The Bertz CT molecular complexity index is 467. The van der Waals surface area contributed by atoms with Crippen LogP contribution in [-0.2, 0) is 12.8 Å². The average Bonchev–Trinajstić information content (AvgIpc) is 3.18. The molecule has 20 heavy (non-hydrogen) atoms. The first-order chi connectivity index (χ1) is 9.32. The number of hydrogen-bond donors (Lipinski definition) is 1. The lowest BCUT2D eigenvalue weighted by Crippen LogP contribution is -2.34. The lowest BCUT2D eigenvalue weighted by atomic mass is 10.1. The lowest BCUT2D eigenvalue weighted by molar-refractivity contribution is -0.137. The summed E-state index contributed by atoms with van der Waals surface area (Å²) in [6.45, 7) is 4.10. The highest BCUT2D eigenvalue weighted by molar-refractivity contribution is 5.57. The zero-order valence-electron chi connectivity index (χ0n) is 11.7. The Labute approximate surface area is 117 Å². The molecular formula is C15H20F3NO. The van der Waals surface area contributed by atoms with Crippen LogP contribution in [0.15, 0.2) is 18.2 Å². The molecular weight excluding hydrogens is 267 g/mol. The van der Waals surface area contributed by atoms with Crippen LogP contribution in [-0.4, -0.2) is 17.7 Å². The Morgan fingerprint density at radius 3 is 2.40 bits per heavy atom. The van der Waals surface area contributed by atoms with Gasteiger partial charge in [-0.3, -0.25) is 0 Å². The van der Waals surface area contributed by atoms with Crippen LogP contribution in [0.2, 0.25) is 0 Å². The molecule has 0 unspecified atom stereocenters. The number of alkyl halides is 3. The first kappa shape index (κ1) is 15.2. The minimum atomic E-state index is -4.41. The van der Waals surface area contributed by atoms with Gasteiger partial charge in [0, 0.05) is 18.3 Å². The quantitative estimate of drug-likeness (QED) is 0.890. The second kappa shape index (κ2) is 5.64. The Morgan fingerprint density at radius 2 is 1.95 bits per heavy atom. The van der Waals surface area contributed by atoms with Crippen molar-refractivity contribution in [2.75, 3.05) is 11.4 Å². The van der Waals surface area contributed by atoms with Crippen molar-refractivity contribution in [3.8, 4) is 0 Å². The third-order valence-electron chi connectivity index (χ3n) is 3.63. The van der Waals surface area contributed by atoms with E-state index in [2.05, 4.69) is 0 Å². The highest BCUT2D eigenvalue weighted by atomic mass is 19.4. The number of aliphatic hydroxyl groups is 1. The Hall–Kier alpha value is -1.23. The molecule has 2 nitrogen and oxygen atoms in total. The van der Waals surface area contributed by atoms with Gasteiger partial charge in [0.25, 0.3) is 0 Å². The van der Waals surface area contributed by atoms with E-state index in [0.717, 1.165) is 18.9 Å². The van der Waals surface area contributed by atoms with E-state index in [1.165, 1.54) is 6.07 Å². The molecule has 112 valence electrons. The van der Waals surface area contributed by atoms with Crippen molar-refractivity contribution in [2.45, 2.75) is 45.5 Å². The van der Waals surface area contributed by atoms with Crippen molar-refractivity contribution in [2.24, 2.45) is 5.92 Å². The maximum Gasteiger partial charge on any atom is 0.418 e. The van der Waals surface area contributed by atoms with E-state index in [-0.39, 0.29) is 23.9 Å². The summed E-state index contributed by atoms with van der Waals surface area (Å²) in [4.78, 5) is 1.82. The third-order valence-corrected chi connectivity index (χ3v) is 3.63. The van der Waals surface area contributed by atoms with Crippen LogP contribution in [0.1, 0.15) is 37.8 Å². The second-order valence-corrected chi connectivity index (χ2v) is 5.70. The molecule has 0 amide bonds. The SMILES string of the molecule is CC(C)N(CC1CC1)c1ccc(CO)cc1C(F)(F)F. The number of rotatable bonds is 5. The summed E-state index contributed by atoms with van der Waals surface area (Å²) in [5.41, 5.74) is -0.147. The van der Waals surface area contributed by atoms with Gasteiger partial charge in [-0.1, -0.05) is 6.07 Å². The number of nitrogens with zero attached hydrogens (tertiary/aromatic N) is 1. The molecule has 1 fully saturated rings. The zero-order valence-corrected chi connectivity index (χ0v) is 11.7. The van der Waals surface area contributed by atoms with Gasteiger partial charge >= 0.3 is 6.18 Å². The highest BCUT2D eigenvalue weighted by Gasteiger charge is 2.36. The summed E-state index contributed by atoms with van der Waals surface area (Å²) in [6.07, 6.45) is -2.21. The predicted octanol–water partition coefficient (Wildman–Crippen LogP) is 3.82. The van der Waals surface area contributed by atoms with Crippen LogP contribution in [0.4, 0.5) is 18.9 Å². The molecule has 1 aliphatic carbocycles. The van der Waals surface area contributed by atoms with E-state index in [4.69, 9.17) is 5.11 Å². The largest absolute Gasteiger partial charge is 0.418 e. The van der Waals surface area contributed by atoms with Gasteiger partial charge in [0.2, 0.25) is 0 Å². The zero-order chi connectivity index (χ0) is 14.9. The van der Waals surface area contributed by atoms with Crippen molar-refractivity contribution >= 4 is 5.69 Å². The number of hydrogen-bond acceptors (Lipinski definition) is 2. The van der Waals surface area contributed by atoms with Gasteiger partial charge in [0.15, 0.2) is 0 Å². The van der Waals surface area contributed by atoms with E-state index in [1.807, 2.05) is 18.7 Å². The molecule has 0 radical (unpaired) electrons. The van der Waals surface area contributed by atoms with Crippen LogP contribution >= 0.6 is 0 Å². The summed E-state index contributed by atoms with van der Waals surface area (Å²) in [7, 11) is 0. The van der Waals surface area contributed by atoms with Gasteiger partial charge in [-0.2, -0.15) is 13.2 Å². The molecule has 0 saturated heterocycles. The van der Waals surface area contributed by atoms with E-state index in [0.29, 0.717) is 12.5 Å². The minimum Gasteiger partial charge on any atom is -0.392 e. The predicted molar refractivity (Wildman–Crippen MR) is 72.6 cm³/mol. The van der Waals surface area contributed by atoms with Crippen molar-refractivity contribution in [3.05, 3.63) is 29.3 Å². The number of halogens is 3. The molecule has 1 saturated carbocycles. The van der Waals surface area contributed by atoms with Crippen LogP contribution in [0.5, 0.6) is 0 Å². The highest BCUT2D eigenvalue weighted by Crippen LogP contribution is 2.40. The summed E-state index contributed by atoms with van der Waals surface area (Å²) >= 11 is 0. The molecule has 0 spiro atoms. The van der Waals surface area contributed by atoms with Gasteiger partial charge in [-0.25, -0.2) is 0 Å². The van der Waals surface area contributed by atoms with Gasteiger partial charge in [-0.05, 0) is 50.3 Å². The molecule has 1 aromatic rings. The summed E-state index contributed by atoms with van der Waals surface area (Å²) in [5.74, 6) is 0.510. The lowest BCUT2D eigenvalue weighted by Gasteiger charge is -2.31. The smallest absolute Gasteiger partial charge is 0.392 e. The maximum absolute atomic E-state index is 13.2. The summed E-state index contributed by atoms with van der Waals surface area (Å²) in [6, 6.07) is 4.11. The minimum absolute atomic E-state index is 0.0108. The Balaban J connectivity index is 2.41. The van der Waals surface area contributed by atoms with Crippen LogP contribution in [0.25, 0.3) is 0 Å². The molecule has 0 heterocycles. The van der Waals surface area contributed by atoms with Gasteiger partial charge in [0.1, 0.15) is 0 Å².